The van der Waals surface area contributed by atoms with Crippen LogP contribution in [0.2, 0.25) is 0 Å². The van der Waals surface area contributed by atoms with E-state index in [1.807, 2.05) is 13.1 Å². The van der Waals surface area contributed by atoms with Gasteiger partial charge in [-0.25, -0.2) is 0 Å². The summed E-state index contributed by atoms with van der Waals surface area (Å²) < 4.78 is 0. The van der Waals surface area contributed by atoms with E-state index in [9.17, 15) is 0 Å². The van der Waals surface area contributed by atoms with E-state index in [0.717, 1.165) is 18.7 Å². The van der Waals surface area contributed by atoms with Gasteiger partial charge in [0.15, 0.2) is 0 Å². The Morgan fingerprint density at radius 3 is 2.93 bits per heavy atom. The van der Waals surface area contributed by atoms with Crippen molar-refractivity contribution in [3.05, 3.63) is 24.0 Å². The molecule has 2 atom stereocenters. The molecule has 2 rings (SSSR count). The van der Waals surface area contributed by atoms with Crippen molar-refractivity contribution < 1.29 is 0 Å². The first-order chi connectivity index (χ1) is 6.66. The minimum atomic E-state index is 0.290. The molecule has 0 aromatic carbocycles. The molecule has 76 valence electrons. The van der Waals surface area contributed by atoms with Crippen LogP contribution in [0.15, 0.2) is 18.3 Å². The number of nitrogens with zero attached hydrogens (tertiary/aromatic N) is 2. The minimum Gasteiger partial charge on any atom is -0.367 e. The second-order valence-electron chi connectivity index (χ2n) is 3.99. The van der Waals surface area contributed by atoms with Crippen molar-refractivity contribution in [1.82, 2.24) is 4.98 Å². The van der Waals surface area contributed by atoms with Crippen LogP contribution in [0.4, 0.5) is 5.69 Å². The fourth-order valence-corrected chi connectivity index (χ4v) is 2.44. The summed E-state index contributed by atoms with van der Waals surface area (Å²) in [5.41, 5.74) is 2.31. The van der Waals surface area contributed by atoms with Gasteiger partial charge in [-0.15, -0.1) is 11.6 Å². The number of aryl methyl sites for hydroxylation is 1. The summed E-state index contributed by atoms with van der Waals surface area (Å²) in [6, 6.07) is 4.71. The molecule has 0 bridgehead atoms. The topological polar surface area (TPSA) is 16.1 Å². The highest BCUT2D eigenvalue weighted by Crippen LogP contribution is 2.27. The average Bonchev–Trinajstić information content (AvgIpc) is 2.45. The summed E-state index contributed by atoms with van der Waals surface area (Å²) in [5, 5.41) is 0.290. The van der Waals surface area contributed by atoms with E-state index < -0.39 is 0 Å². The monoisotopic (exact) mass is 210 g/mol. The number of halogens is 1. The highest BCUT2D eigenvalue weighted by Gasteiger charge is 2.27. The van der Waals surface area contributed by atoms with Crippen LogP contribution < -0.4 is 4.90 Å². The van der Waals surface area contributed by atoms with Gasteiger partial charge in [0.2, 0.25) is 0 Å². The first kappa shape index (κ1) is 9.78. The molecule has 2 heterocycles. The van der Waals surface area contributed by atoms with E-state index in [1.165, 1.54) is 5.69 Å². The zero-order valence-electron chi connectivity index (χ0n) is 8.57. The molecule has 2 unspecified atom stereocenters. The Morgan fingerprint density at radius 1 is 1.57 bits per heavy atom. The van der Waals surface area contributed by atoms with E-state index in [0.29, 0.717) is 11.4 Å². The highest BCUT2D eigenvalue weighted by atomic mass is 35.5. The Labute approximate surface area is 89.9 Å². The predicted octanol–water partition coefficient (Wildman–Crippen LogP) is 2.60. The number of pyridine rings is 1. The molecule has 1 aromatic rings. The lowest BCUT2D eigenvalue weighted by atomic mass is 10.2. The largest absolute Gasteiger partial charge is 0.367 e. The maximum absolute atomic E-state index is 6.13. The van der Waals surface area contributed by atoms with Crippen molar-refractivity contribution in [1.29, 1.82) is 0 Å². The zero-order chi connectivity index (χ0) is 10.1. The number of aromatic nitrogens is 1. The molecule has 1 saturated heterocycles. The summed E-state index contributed by atoms with van der Waals surface area (Å²) in [6.45, 7) is 5.19. The van der Waals surface area contributed by atoms with E-state index in [-0.39, 0.29) is 0 Å². The van der Waals surface area contributed by atoms with Crippen LogP contribution in [0.25, 0.3) is 0 Å². The normalized spacial score (nSPS) is 26.9. The maximum Gasteiger partial charge on any atom is 0.0530 e. The molecule has 1 aromatic heterocycles. The molecule has 0 aliphatic carbocycles. The molecule has 0 N–H and O–H groups in total. The lowest BCUT2D eigenvalue weighted by molar-refractivity contribution is 0.735. The standard InChI is InChI=1S/C11H15ClN2/c1-8-5-11(3-4-13-8)14-7-10(12)6-9(14)2/h3-5,9-10H,6-7H2,1-2H3. The molecular formula is C11H15ClN2. The van der Waals surface area contributed by atoms with Gasteiger partial charge in [-0.3, -0.25) is 4.98 Å². The first-order valence-electron chi connectivity index (χ1n) is 5.00. The van der Waals surface area contributed by atoms with Gasteiger partial charge in [-0.1, -0.05) is 0 Å². The third-order valence-electron chi connectivity index (χ3n) is 2.74. The fourth-order valence-electron chi connectivity index (χ4n) is 2.03. The second-order valence-corrected chi connectivity index (χ2v) is 4.61. The summed E-state index contributed by atoms with van der Waals surface area (Å²) in [4.78, 5) is 6.55. The molecule has 0 radical (unpaired) electrons. The van der Waals surface area contributed by atoms with Crippen LogP contribution in [0.5, 0.6) is 0 Å². The van der Waals surface area contributed by atoms with Crippen LogP contribution in [0.3, 0.4) is 0 Å². The quantitative estimate of drug-likeness (QED) is 0.663. The zero-order valence-corrected chi connectivity index (χ0v) is 9.33. The van der Waals surface area contributed by atoms with E-state index in [4.69, 9.17) is 11.6 Å². The summed E-state index contributed by atoms with van der Waals surface area (Å²) in [5.74, 6) is 0. The van der Waals surface area contributed by atoms with Crippen LogP contribution in [0.1, 0.15) is 19.0 Å². The Hall–Kier alpha value is -0.760. The third-order valence-corrected chi connectivity index (χ3v) is 3.05. The Balaban J connectivity index is 2.23. The van der Waals surface area contributed by atoms with Crippen molar-refractivity contribution in [2.24, 2.45) is 0 Å². The second kappa shape index (κ2) is 3.77. The van der Waals surface area contributed by atoms with Gasteiger partial charge in [0.25, 0.3) is 0 Å². The van der Waals surface area contributed by atoms with Gasteiger partial charge in [0.05, 0.1) is 5.38 Å². The first-order valence-corrected chi connectivity index (χ1v) is 5.44. The average molecular weight is 211 g/mol. The van der Waals surface area contributed by atoms with Gasteiger partial charge in [-0.2, -0.15) is 0 Å². The van der Waals surface area contributed by atoms with Gasteiger partial charge >= 0.3 is 0 Å². The number of anilines is 1. The molecule has 0 spiro atoms. The number of rotatable bonds is 1. The molecule has 14 heavy (non-hydrogen) atoms. The van der Waals surface area contributed by atoms with Crippen molar-refractivity contribution in [2.75, 3.05) is 11.4 Å². The summed E-state index contributed by atoms with van der Waals surface area (Å²) in [7, 11) is 0. The SMILES string of the molecule is Cc1cc(N2CC(Cl)CC2C)ccn1. The Morgan fingerprint density at radius 2 is 2.36 bits per heavy atom. The van der Waals surface area contributed by atoms with Crippen LogP contribution in [-0.4, -0.2) is 22.9 Å². The Kier molecular flexibility index (Phi) is 2.64. The van der Waals surface area contributed by atoms with Crippen LogP contribution in [0, 0.1) is 6.92 Å². The fraction of sp³-hybridized carbons (Fsp3) is 0.545. The highest BCUT2D eigenvalue weighted by molar-refractivity contribution is 6.21. The van der Waals surface area contributed by atoms with Gasteiger partial charge in [-0.05, 0) is 32.4 Å². The van der Waals surface area contributed by atoms with Crippen molar-refractivity contribution in [2.45, 2.75) is 31.7 Å². The van der Waals surface area contributed by atoms with Gasteiger partial charge < -0.3 is 4.90 Å². The number of hydrogen-bond donors (Lipinski definition) is 0. The molecule has 1 fully saturated rings. The van der Waals surface area contributed by atoms with Crippen molar-refractivity contribution in [3.8, 4) is 0 Å². The van der Waals surface area contributed by atoms with Crippen molar-refractivity contribution >= 4 is 17.3 Å². The lowest BCUT2D eigenvalue weighted by Gasteiger charge is -2.23. The smallest absolute Gasteiger partial charge is 0.0530 e. The molecular weight excluding hydrogens is 196 g/mol. The van der Waals surface area contributed by atoms with E-state index in [1.54, 1.807) is 0 Å². The van der Waals surface area contributed by atoms with Crippen molar-refractivity contribution in [3.63, 3.8) is 0 Å². The third kappa shape index (κ3) is 1.85. The van der Waals surface area contributed by atoms with E-state index in [2.05, 4.69) is 28.9 Å². The molecule has 3 heteroatoms. The molecule has 0 saturated carbocycles. The summed E-state index contributed by atoms with van der Waals surface area (Å²) in [6.07, 6.45) is 2.93. The maximum atomic E-state index is 6.13. The molecule has 1 aliphatic rings. The van der Waals surface area contributed by atoms with E-state index >= 15 is 0 Å². The minimum absolute atomic E-state index is 0.290. The molecule has 1 aliphatic heterocycles. The molecule has 0 amide bonds. The van der Waals surface area contributed by atoms with Crippen LogP contribution in [-0.2, 0) is 0 Å². The predicted molar refractivity (Wildman–Crippen MR) is 60.0 cm³/mol. The summed E-state index contributed by atoms with van der Waals surface area (Å²) >= 11 is 6.13. The lowest BCUT2D eigenvalue weighted by Crippen LogP contribution is -2.26. The number of hydrogen-bond acceptors (Lipinski definition) is 2. The van der Waals surface area contributed by atoms with Gasteiger partial charge in [0.1, 0.15) is 0 Å². The van der Waals surface area contributed by atoms with Crippen LogP contribution >= 0.6 is 11.6 Å². The Bertz CT molecular complexity index is 327. The molecule has 2 nitrogen and oxygen atoms in total. The van der Waals surface area contributed by atoms with Gasteiger partial charge in [0, 0.05) is 30.2 Å². The number of alkyl halides is 1.